The van der Waals surface area contributed by atoms with E-state index in [1.54, 1.807) is 7.11 Å². The second-order valence-electron chi connectivity index (χ2n) is 8.38. The van der Waals surface area contributed by atoms with E-state index in [-0.39, 0.29) is 6.04 Å². The second kappa shape index (κ2) is 7.65. The van der Waals surface area contributed by atoms with Crippen molar-refractivity contribution in [1.82, 2.24) is 4.90 Å². The maximum atomic E-state index is 11.4. The van der Waals surface area contributed by atoms with Crippen molar-refractivity contribution in [2.45, 2.75) is 57.2 Å². The van der Waals surface area contributed by atoms with Crippen LogP contribution in [-0.2, 0) is 6.54 Å². The largest absolute Gasteiger partial charge is 0.497 e. The zero-order valence-electron chi connectivity index (χ0n) is 16.5. The molecule has 0 amide bonds. The molecule has 1 heterocycles. The lowest BCUT2D eigenvalue weighted by Crippen LogP contribution is -2.54. The van der Waals surface area contributed by atoms with Crippen LogP contribution < -0.4 is 4.74 Å². The normalized spacial score (nSPS) is 28.6. The molecule has 2 aliphatic rings. The molecule has 1 saturated carbocycles. The van der Waals surface area contributed by atoms with Gasteiger partial charge in [0.25, 0.3) is 0 Å². The van der Waals surface area contributed by atoms with Crippen molar-refractivity contribution in [3.63, 3.8) is 0 Å². The molecule has 0 unspecified atom stereocenters. The number of ether oxygens (including phenoxy) is 1. The molecular weight excluding hydrogens is 334 g/mol. The van der Waals surface area contributed by atoms with Gasteiger partial charge in [0.1, 0.15) is 5.75 Å². The molecule has 144 valence electrons. The Morgan fingerprint density at radius 3 is 2.48 bits per heavy atom. The molecule has 0 aromatic heterocycles. The Balaban J connectivity index is 1.66. The van der Waals surface area contributed by atoms with Crippen LogP contribution in [0.15, 0.2) is 48.5 Å². The van der Waals surface area contributed by atoms with E-state index in [0.29, 0.717) is 5.92 Å². The SMILES string of the molecule is COc1ccc([C@H]2[C@H]3CCCC[C@]3(O)CCN2Cc2ccc(C)cc2)cc1. The minimum Gasteiger partial charge on any atom is -0.497 e. The second-order valence-corrected chi connectivity index (χ2v) is 8.38. The molecule has 0 bridgehead atoms. The van der Waals surface area contributed by atoms with Crippen molar-refractivity contribution >= 4 is 0 Å². The summed E-state index contributed by atoms with van der Waals surface area (Å²) in [5, 5.41) is 11.4. The molecule has 2 fully saturated rings. The fraction of sp³-hybridized carbons (Fsp3) is 0.500. The number of methoxy groups -OCH3 is 1. The van der Waals surface area contributed by atoms with Gasteiger partial charge in [0.2, 0.25) is 0 Å². The first-order valence-corrected chi connectivity index (χ1v) is 10.2. The van der Waals surface area contributed by atoms with Gasteiger partial charge in [0.15, 0.2) is 0 Å². The number of benzene rings is 2. The summed E-state index contributed by atoms with van der Waals surface area (Å²) in [4.78, 5) is 2.58. The lowest BCUT2D eigenvalue weighted by atomic mass is 9.66. The summed E-state index contributed by atoms with van der Waals surface area (Å²) >= 11 is 0. The van der Waals surface area contributed by atoms with E-state index in [2.05, 4.69) is 60.4 Å². The standard InChI is InChI=1S/C24H31NO2/c1-18-6-8-19(9-7-18)17-25-16-15-24(26)14-4-3-5-22(24)23(25)20-10-12-21(27-2)13-11-20/h6-13,22-23,26H,3-5,14-17H2,1-2H3/t22-,23+,24+/m1/s1. The molecule has 1 N–H and O–H groups in total. The summed E-state index contributed by atoms with van der Waals surface area (Å²) < 4.78 is 5.35. The van der Waals surface area contributed by atoms with Gasteiger partial charge >= 0.3 is 0 Å². The van der Waals surface area contributed by atoms with Crippen LogP contribution in [0, 0.1) is 12.8 Å². The van der Waals surface area contributed by atoms with E-state index in [4.69, 9.17) is 4.74 Å². The topological polar surface area (TPSA) is 32.7 Å². The van der Waals surface area contributed by atoms with Gasteiger partial charge in [-0.2, -0.15) is 0 Å². The first-order chi connectivity index (χ1) is 13.1. The molecule has 3 heteroatoms. The summed E-state index contributed by atoms with van der Waals surface area (Å²) in [5.74, 6) is 1.19. The summed E-state index contributed by atoms with van der Waals surface area (Å²) in [5.41, 5.74) is 3.44. The van der Waals surface area contributed by atoms with Crippen LogP contribution in [0.4, 0.5) is 0 Å². The van der Waals surface area contributed by atoms with Crippen molar-refractivity contribution in [1.29, 1.82) is 0 Å². The molecule has 3 atom stereocenters. The fourth-order valence-corrected chi connectivity index (χ4v) is 5.09. The van der Waals surface area contributed by atoms with E-state index >= 15 is 0 Å². The lowest BCUT2D eigenvalue weighted by Gasteiger charge is -2.52. The molecule has 27 heavy (non-hydrogen) atoms. The zero-order chi connectivity index (χ0) is 18.9. The predicted molar refractivity (Wildman–Crippen MR) is 109 cm³/mol. The summed E-state index contributed by atoms with van der Waals surface area (Å²) in [6, 6.07) is 17.6. The molecule has 4 rings (SSSR count). The highest BCUT2D eigenvalue weighted by molar-refractivity contribution is 5.31. The van der Waals surface area contributed by atoms with E-state index < -0.39 is 5.60 Å². The first kappa shape index (κ1) is 18.5. The minimum absolute atomic E-state index is 0.260. The highest BCUT2D eigenvalue weighted by atomic mass is 16.5. The molecule has 2 aromatic carbocycles. The highest BCUT2D eigenvalue weighted by Gasteiger charge is 2.48. The Morgan fingerprint density at radius 2 is 1.78 bits per heavy atom. The third kappa shape index (κ3) is 3.76. The van der Waals surface area contributed by atoms with Gasteiger partial charge in [-0.25, -0.2) is 0 Å². The van der Waals surface area contributed by atoms with Crippen LogP contribution in [-0.4, -0.2) is 29.3 Å². The van der Waals surface area contributed by atoms with Crippen molar-refractivity contribution < 1.29 is 9.84 Å². The van der Waals surface area contributed by atoms with Crippen LogP contribution in [0.1, 0.15) is 54.8 Å². The van der Waals surface area contributed by atoms with Crippen molar-refractivity contribution in [3.05, 3.63) is 65.2 Å². The summed E-state index contributed by atoms with van der Waals surface area (Å²) in [6.07, 6.45) is 5.31. The maximum Gasteiger partial charge on any atom is 0.118 e. The molecule has 3 nitrogen and oxygen atoms in total. The number of aliphatic hydroxyl groups is 1. The Hall–Kier alpha value is -1.84. The van der Waals surface area contributed by atoms with Crippen LogP contribution in [0.3, 0.4) is 0 Å². The zero-order valence-corrected chi connectivity index (χ0v) is 16.5. The third-order valence-corrected chi connectivity index (χ3v) is 6.64. The van der Waals surface area contributed by atoms with Crippen LogP contribution in [0.2, 0.25) is 0 Å². The third-order valence-electron chi connectivity index (χ3n) is 6.64. The van der Waals surface area contributed by atoms with E-state index in [0.717, 1.165) is 44.5 Å². The van der Waals surface area contributed by atoms with Crippen molar-refractivity contribution in [2.24, 2.45) is 5.92 Å². The van der Waals surface area contributed by atoms with Gasteiger partial charge < -0.3 is 9.84 Å². The number of hydrogen-bond donors (Lipinski definition) is 1. The van der Waals surface area contributed by atoms with Crippen molar-refractivity contribution in [3.8, 4) is 5.75 Å². The number of piperidine rings is 1. The van der Waals surface area contributed by atoms with Gasteiger partial charge in [0, 0.05) is 25.0 Å². The molecular formula is C24H31NO2. The first-order valence-electron chi connectivity index (χ1n) is 10.2. The molecule has 1 aliphatic heterocycles. The lowest BCUT2D eigenvalue weighted by molar-refractivity contribution is -0.126. The fourth-order valence-electron chi connectivity index (χ4n) is 5.09. The average Bonchev–Trinajstić information content (AvgIpc) is 2.70. The Kier molecular flexibility index (Phi) is 5.25. The highest BCUT2D eigenvalue weighted by Crippen LogP contribution is 2.49. The van der Waals surface area contributed by atoms with Crippen molar-refractivity contribution in [2.75, 3.05) is 13.7 Å². The average molecular weight is 366 g/mol. The molecule has 1 aliphatic carbocycles. The minimum atomic E-state index is -0.507. The Labute approximate surface area is 163 Å². The van der Waals surface area contributed by atoms with Crippen LogP contribution in [0.5, 0.6) is 5.75 Å². The number of aryl methyl sites for hydroxylation is 1. The van der Waals surface area contributed by atoms with Crippen LogP contribution in [0.25, 0.3) is 0 Å². The van der Waals surface area contributed by atoms with E-state index in [9.17, 15) is 5.11 Å². The summed E-state index contributed by atoms with van der Waals surface area (Å²) in [7, 11) is 1.71. The molecule has 2 aromatic rings. The Morgan fingerprint density at radius 1 is 1.04 bits per heavy atom. The number of nitrogens with zero attached hydrogens (tertiary/aromatic N) is 1. The predicted octanol–water partition coefficient (Wildman–Crippen LogP) is 4.87. The molecule has 1 saturated heterocycles. The monoisotopic (exact) mass is 365 g/mol. The summed E-state index contributed by atoms with van der Waals surface area (Å²) in [6.45, 7) is 4.01. The van der Waals surface area contributed by atoms with Gasteiger partial charge in [-0.1, -0.05) is 54.8 Å². The number of hydrogen-bond acceptors (Lipinski definition) is 3. The number of fused-ring (bicyclic) bond motifs is 1. The number of rotatable bonds is 4. The maximum absolute atomic E-state index is 11.4. The Bertz CT molecular complexity index is 755. The van der Waals surface area contributed by atoms with Gasteiger partial charge in [-0.15, -0.1) is 0 Å². The van der Waals surface area contributed by atoms with Crippen LogP contribution >= 0.6 is 0 Å². The van der Waals surface area contributed by atoms with Gasteiger partial charge in [0.05, 0.1) is 12.7 Å². The van der Waals surface area contributed by atoms with E-state index in [1.807, 2.05) is 0 Å². The van der Waals surface area contributed by atoms with E-state index in [1.165, 1.54) is 23.1 Å². The smallest absolute Gasteiger partial charge is 0.118 e. The van der Waals surface area contributed by atoms with Gasteiger partial charge in [-0.05, 0) is 49.4 Å². The number of likely N-dealkylation sites (tertiary alicyclic amines) is 1. The quantitative estimate of drug-likeness (QED) is 0.839. The van der Waals surface area contributed by atoms with Gasteiger partial charge in [-0.3, -0.25) is 4.90 Å². The molecule has 0 radical (unpaired) electrons. The molecule has 0 spiro atoms.